The van der Waals surface area contributed by atoms with Gasteiger partial charge in [-0.15, -0.1) is 0 Å². The number of hydrogen-bond donors (Lipinski definition) is 0. The normalized spacial score (nSPS) is 9.88. The van der Waals surface area contributed by atoms with Crippen molar-refractivity contribution in [2.75, 3.05) is 7.11 Å². The molecular formula is C15H20O2. The smallest absolute Gasteiger partial charge is 0.163 e. The first-order valence-corrected chi connectivity index (χ1v) is 5.86. The summed E-state index contributed by atoms with van der Waals surface area (Å²) in [7, 11) is 1.63. The van der Waals surface area contributed by atoms with Crippen molar-refractivity contribution in [1.82, 2.24) is 0 Å². The van der Waals surface area contributed by atoms with Crippen molar-refractivity contribution in [1.29, 1.82) is 0 Å². The summed E-state index contributed by atoms with van der Waals surface area (Å²) >= 11 is 0. The van der Waals surface area contributed by atoms with Gasteiger partial charge in [-0.05, 0) is 51.0 Å². The topological polar surface area (TPSA) is 26.3 Å². The Labute approximate surface area is 103 Å². The van der Waals surface area contributed by atoms with Crippen molar-refractivity contribution in [3.05, 3.63) is 41.0 Å². The van der Waals surface area contributed by atoms with E-state index >= 15 is 0 Å². The van der Waals surface area contributed by atoms with Gasteiger partial charge in [0.25, 0.3) is 0 Å². The molecule has 92 valence electrons. The standard InChI is InChI=1S/C15H20O2/c1-11(2)6-5-7-15(16)14-9-8-13(17-4)10-12(14)3/h6,8-10H,5,7H2,1-4H3. The van der Waals surface area contributed by atoms with E-state index in [2.05, 4.69) is 6.08 Å². The largest absolute Gasteiger partial charge is 0.497 e. The van der Waals surface area contributed by atoms with E-state index in [4.69, 9.17) is 4.74 Å². The maximum Gasteiger partial charge on any atom is 0.163 e. The zero-order chi connectivity index (χ0) is 12.8. The highest BCUT2D eigenvalue weighted by molar-refractivity contribution is 5.97. The van der Waals surface area contributed by atoms with Gasteiger partial charge in [0, 0.05) is 12.0 Å². The summed E-state index contributed by atoms with van der Waals surface area (Å²) in [6.07, 6.45) is 3.47. The van der Waals surface area contributed by atoms with Crippen LogP contribution in [0, 0.1) is 6.92 Å². The fraction of sp³-hybridized carbons (Fsp3) is 0.400. The molecule has 0 spiro atoms. The Morgan fingerprint density at radius 1 is 1.35 bits per heavy atom. The number of methoxy groups -OCH3 is 1. The molecular weight excluding hydrogens is 212 g/mol. The Hall–Kier alpha value is -1.57. The van der Waals surface area contributed by atoms with Crippen LogP contribution < -0.4 is 4.74 Å². The van der Waals surface area contributed by atoms with E-state index in [1.165, 1.54) is 5.57 Å². The third-order valence-corrected chi connectivity index (χ3v) is 2.66. The van der Waals surface area contributed by atoms with E-state index in [1.54, 1.807) is 7.11 Å². The fourth-order valence-corrected chi connectivity index (χ4v) is 1.70. The number of benzene rings is 1. The Balaban J connectivity index is 2.72. The van der Waals surface area contributed by atoms with E-state index in [-0.39, 0.29) is 5.78 Å². The number of carbonyl (C=O) groups excluding carboxylic acids is 1. The zero-order valence-electron chi connectivity index (χ0n) is 11.0. The highest BCUT2D eigenvalue weighted by Crippen LogP contribution is 2.18. The first-order valence-electron chi connectivity index (χ1n) is 5.86. The summed E-state index contributed by atoms with van der Waals surface area (Å²) in [5.74, 6) is 0.992. The molecule has 1 rings (SSSR count). The molecule has 0 saturated heterocycles. The van der Waals surface area contributed by atoms with Gasteiger partial charge in [-0.2, -0.15) is 0 Å². The SMILES string of the molecule is COc1ccc(C(=O)CCC=C(C)C)c(C)c1. The molecule has 0 amide bonds. The second-order valence-electron chi connectivity index (χ2n) is 4.42. The van der Waals surface area contributed by atoms with Crippen LogP contribution in [0.1, 0.15) is 42.6 Å². The van der Waals surface area contributed by atoms with Crippen molar-refractivity contribution in [3.63, 3.8) is 0 Å². The van der Waals surface area contributed by atoms with Gasteiger partial charge in [0.1, 0.15) is 5.75 Å². The molecule has 0 fully saturated rings. The molecule has 0 unspecified atom stereocenters. The van der Waals surface area contributed by atoms with Gasteiger partial charge >= 0.3 is 0 Å². The van der Waals surface area contributed by atoms with Crippen LogP contribution >= 0.6 is 0 Å². The van der Waals surface area contributed by atoms with E-state index in [0.29, 0.717) is 6.42 Å². The van der Waals surface area contributed by atoms with Gasteiger partial charge in [-0.1, -0.05) is 11.6 Å². The van der Waals surface area contributed by atoms with Crippen LogP contribution in [0.3, 0.4) is 0 Å². The molecule has 0 aromatic heterocycles. The van der Waals surface area contributed by atoms with E-state index in [1.807, 2.05) is 39.0 Å². The van der Waals surface area contributed by atoms with Crippen molar-refractivity contribution < 1.29 is 9.53 Å². The molecule has 0 radical (unpaired) electrons. The van der Waals surface area contributed by atoms with Gasteiger partial charge in [0.2, 0.25) is 0 Å². The molecule has 0 N–H and O–H groups in total. The molecule has 2 nitrogen and oxygen atoms in total. The molecule has 0 aliphatic rings. The molecule has 1 aromatic rings. The Morgan fingerprint density at radius 3 is 2.59 bits per heavy atom. The summed E-state index contributed by atoms with van der Waals surface area (Å²) in [5.41, 5.74) is 3.03. The lowest BCUT2D eigenvalue weighted by Gasteiger charge is -2.06. The summed E-state index contributed by atoms with van der Waals surface area (Å²) in [6, 6.07) is 5.58. The Morgan fingerprint density at radius 2 is 2.06 bits per heavy atom. The monoisotopic (exact) mass is 232 g/mol. The van der Waals surface area contributed by atoms with Gasteiger partial charge in [0.05, 0.1) is 7.11 Å². The number of rotatable bonds is 5. The number of ketones is 1. The van der Waals surface area contributed by atoms with E-state index < -0.39 is 0 Å². The first kappa shape index (κ1) is 13.5. The van der Waals surface area contributed by atoms with Crippen LogP contribution in [-0.4, -0.2) is 12.9 Å². The van der Waals surface area contributed by atoms with Crippen LogP contribution in [0.2, 0.25) is 0 Å². The van der Waals surface area contributed by atoms with E-state index in [9.17, 15) is 4.79 Å². The fourth-order valence-electron chi connectivity index (χ4n) is 1.70. The summed E-state index contributed by atoms with van der Waals surface area (Å²) in [4.78, 5) is 12.0. The van der Waals surface area contributed by atoms with Crippen LogP contribution in [0.5, 0.6) is 5.75 Å². The lowest BCUT2D eigenvalue weighted by molar-refractivity contribution is 0.0983. The van der Waals surface area contributed by atoms with Gasteiger partial charge in [0.15, 0.2) is 5.78 Å². The minimum atomic E-state index is 0.197. The maximum absolute atomic E-state index is 12.0. The average Bonchev–Trinajstić information content (AvgIpc) is 2.28. The Kier molecular flexibility index (Phi) is 4.95. The molecule has 1 aromatic carbocycles. The average molecular weight is 232 g/mol. The number of carbonyl (C=O) groups is 1. The molecule has 0 heterocycles. The van der Waals surface area contributed by atoms with Crippen molar-refractivity contribution in [2.45, 2.75) is 33.6 Å². The second kappa shape index (κ2) is 6.24. The third kappa shape index (κ3) is 4.06. The number of aryl methyl sites for hydroxylation is 1. The van der Waals surface area contributed by atoms with Crippen molar-refractivity contribution in [2.24, 2.45) is 0 Å². The number of Topliss-reactive ketones (excluding diaryl/α,β-unsaturated/α-hetero) is 1. The lowest BCUT2D eigenvalue weighted by atomic mass is 10.0. The summed E-state index contributed by atoms with van der Waals surface area (Å²) < 4.78 is 5.12. The van der Waals surface area contributed by atoms with Crippen LogP contribution in [0.25, 0.3) is 0 Å². The molecule has 2 heteroatoms. The molecule has 0 aliphatic carbocycles. The van der Waals surface area contributed by atoms with Gasteiger partial charge < -0.3 is 4.74 Å². The van der Waals surface area contributed by atoms with Crippen LogP contribution in [-0.2, 0) is 0 Å². The zero-order valence-corrected chi connectivity index (χ0v) is 11.0. The number of hydrogen-bond acceptors (Lipinski definition) is 2. The van der Waals surface area contributed by atoms with Crippen molar-refractivity contribution in [3.8, 4) is 5.75 Å². The summed E-state index contributed by atoms with van der Waals surface area (Å²) in [6.45, 7) is 6.03. The molecule has 0 saturated carbocycles. The molecule has 17 heavy (non-hydrogen) atoms. The first-order chi connectivity index (χ1) is 8.04. The molecule has 0 bridgehead atoms. The Bertz CT molecular complexity index is 427. The second-order valence-corrected chi connectivity index (χ2v) is 4.42. The van der Waals surface area contributed by atoms with Gasteiger partial charge in [-0.25, -0.2) is 0 Å². The van der Waals surface area contributed by atoms with Crippen molar-refractivity contribution >= 4 is 5.78 Å². The lowest BCUT2D eigenvalue weighted by Crippen LogP contribution is -2.01. The predicted molar refractivity (Wildman–Crippen MR) is 70.7 cm³/mol. The highest BCUT2D eigenvalue weighted by atomic mass is 16.5. The number of allylic oxidation sites excluding steroid dienone is 2. The minimum Gasteiger partial charge on any atom is -0.497 e. The third-order valence-electron chi connectivity index (χ3n) is 2.66. The number of ether oxygens (including phenoxy) is 1. The van der Waals surface area contributed by atoms with E-state index in [0.717, 1.165) is 23.3 Å². The maximum atomic E-state index is 12.0. The van der Waals surface area contributed by atoms with Crippen LogP contribution in [0.15, 0.2) is 29.8 Å². The highest BCUT2D eigenvalue weighted by Gasteiger charge is 2.08. The molecule has 0 atom stereocenters. The predicted octanol–water partition coefficient (Wildman–Crippen LogP) is 3.93. The minimum absolute atomic E-state index is 0.197. The van der Waals surface area contributed by atoms with Gasteiger partial charge in [-0.3, -0.25) is 4.79 Å². The summed E-state index contributed by atoms with van der Waals surface area (Å²) in [5, 5.41) is 0. The molecule has 0 aliphatic heterocycles. The quantitative estimate of drug-likeness (QED) is 0.568. The van der Waals surface area contributed by atoms with Crippen LogP contribution in [0.4, 0.5) is 0 Å².